The normalized spacial score (nSPS) is 10.2. The zero-order valence-corrected chi connectivity index (χ0v) is 12.1. The van der Waals surface area contributed by atoms with Crippen molar-refractivity contribution in [2.45, 2.75) is 6.92 Å². The lowest BCUT2D eigenvalue weighted by Crippen LogP contribution is -2.14. The number of halogens is 1. The summed E-state index contributed by atoms with van der Waals surface area (Å²) in [6.45, 7) is 1.76. The van der Waals surface area contributed by atoms with Gasteiger partial charge in [0.1, 0.15) is 5.56 Å². The number of aryl methyl sites for hydroxylation is 1. The van der Waals surface area contributed by atoms with Gasteiger partial charge in [0.05, 0.1) is 14.9 Å². The Hall–Kier alpha value is -1.80. The quantitative estimate of drug-likeness (QED) is 0.684. The fourth-order valence-electron chi connectivity index (χ4n) is 1.47. The van der Waals surface area contributed by atoms with E-state index >= 15 is 0 Å². The number of nitro groups is 1. The minimum Gasteiger partial charge on any atom is -0.298 e. The van der Waals surface area contributed by atoms with Crippen LogP contribution in [0.5, 0.6) is 0 Å². The van der Waals surface area contributed by atoms with E-state index < -0.39 is 10.8 Å². The van der Waals surface area contributed by atoms with Gasteiger partial charge >= 0.3 is 0 Å². The van der Waals surface area contributed by atoms with Crippen molar-refractivity contribution < 1.29 is 9.72 Å². The van der Waals surface area contributed by atoms with Crippen LogP contribution >= 0.6 is 27.3 Å². The van der Waals surface area contributed by atoms with Gasteiger partial charge in [0.2, 0.25) is 0 Å². The molecule has 0 unspecified atom stereocenters. The molecule has 0 aliphatic rings. The summed E-state index contributed by atoms with van der Waals surface area (Å²) in [5.74, 6) is -0.544. The van der Waals surface area contributed by atoms with Gasteiger partial charge in [-0.25, -0.2) is 4.98 Å². The van der Waals surface area contributed by atoms with Crippen molar-refractivity contribution in [3.8, 4) is 0 Å². The highest BCUT2D eigenvalue weighted by molar-refractivity contribution is 9.11. The van der Waals surface area contributed by atoms with Gasteiger partial charge in [0, 0.05) is 6.07 Å². The fourth-order valence-corrected chi connectivity index (χ4v) is 2.57. The molecule has 6 nitrogen and oxygen atoms in total. The Morgan fingerprint density at radius 1 is 1.53 bits per heavy atom. The molecule has 1 N–H and O–H groups in total. The van der Waals surface area contributed by atoms with Gasteiger partial charge in [0.25, 0.3) is 11.6 Å². The van der Waals surface area contributed by atoms with E-state index in [9.17, 15) is 14.9 Å². The molecule has 0 aliphatic carbocycles. The largest absolute Gasteiger partial charge is 0.298 e. The Morgan fingerprint density at radius 3 is 2.84 bits per heavy atom. The maximum Gasteiger partial charge on any atom is 0.282 e. The van der Waals surface area contributed by atoms with E-state index in [-0.39, 0.29) is 11.3 Å². The molecular formula is C11H8BrN3O3S. The van der Waals surface area contributed by atoms with Crippen molar-refractivity contribution in [1.29, 1.82) is 0 Å². The summed E-state index contributed by atoms with van der Waals surface area (Å²) in [4.78, 5) is 26.3. The predicted octanol–water partition coefficient (Wildman–Crippen LogP) is 3.37. The number of carbonyl (C=O) groups excluding carboxylic acids is 1. The van der Waals surface area contributed by atoms with Crippen molar-refractivity contribution >= 4 is 44.0 Å². The molecule has 0 atom stereocenters. The number of amides is 1. The average Bonchev–Trinajstić information content (AvgIpc) is 2.74. The summed E-state index contributed by atoms with van der Waals surface area (Å²) in [6, 6.07) is 4.40. The second-order valence-corrected chi connectivity index (χ2v) is 6.11. The first-order valence-corrected chi connectivity index (χ1v) is 6.76. The molecule has 0 saturated carbocycles. The number of nitrogens with one attached hydrogen (secondary N) is 1. The van der Waals surface area contributed by atoms with Crippen molar-refractivity contribution in [3.05, 3.63) is 49.4 Å². The molecule has 0 radical (unpaired) electrons. The van der Waals surface area contributed by atoms with Crippen LogP contribution < -0.4 is 5.32 Å². The highest BCUT2D eigenvalue weighted by Crippen LogP contribution is 2.25. The average molecular weight is 342 g/mol. The molecular weight excluding hydrogens is 334 g/mol. The van der Waals surface area contributed by atoms with Crippen LogP contribution in [-0.4, -0.2) is 15.8 Å². The van der Waals surface area contributed by atoms with Crippen molar-refractivity contribution in [3.63, 3.8) is 0 Å². The summed E-state index contributed by atoms with van der Waals surface area (Å²) in [6.07, 6.45) is 1.55. The van der Waals surface area contributed by atoms with E-state index in [1.807, 2.05) is 0 Å². The third-order valence-electron chi connectivity index (χ3n) is 2.29. The number of thiazole rings is 1. The Kier molecular flexibility index (Phi) is 3.91. The SMILES string of the molecule is Cc1ccc([N+](=O)[O-])c(C(=O)Nc2ncc(Br)s2)c1. The first-order chi connectivity index (χ1) is 8.97. The fraction of sp³-hybridized carbons (Fsp3) is 0.0909. The Labute approximate surface area is 120 Å². The van der Waals surface area contributed by atoms with Crippen molar-refractivity contribution in [2.24, 2.45) is 0 Å². The molecule has 98 valence electrons. The number of benzene rings is 1. The molecule has 1 amide bonds. The summed E-state index contributed by atoms with van der Waals surface area (Å²) in [7, 11) is 0. The maximum absolute atomic E-state index is 12.0. The Bertz CT molecular complexity index is 656. The Morgan fingerprint density at radius 2 is 2.26 bits per heavy atom. The number of carbonyl (C=O) groups is 1. The highest BCUT2D eigenvalue weighted by Gasteiger charge is 2.20. The van der Waals surface area contributed by atoms with Crippen LogP contribution in [-0.2, 0) is 0 Å². The zero-order chi connectivity index (χ0) is 14.0. The lowest BCUT2D eigenvalue weighted by Gasteiger charge is -2.04. The number of nitro benzene ring substituents is 1. The van der Waals surface area contributed by atoms with Crippen LogP contribution in [0.1, 0.15) is 15.9 Å². The van der Waals surface area contributed by atoms with Gasteiger partial charge in [0.15, 0.2) is 5.13 Å². The molecule has 0 saturated heterocycles. The van der Waals surface area contributed by atoms with Crippen LogP contribution in [0.3, 0.4) is 0 Å². The third kappa shape index (κ3) is 3.15. The smallest absolute Gasteiger partial charge is 0.282 e. The molecule has 19 heavy (non-hydrogen) atoms. The van der Waals surface area contributed by atoms with E-state index in [0.29, 0.717) is 5.13 Å². The molecule has 1 heterocycles. The van der Waals surface area contributed by atoms with Crippen LogP contribution in [0.15, 0.2) is 28.2 Å². The van der Waals surface area contributed by atoms with Crippen LogP contribution in [0.4, 0.5) is 10.8 Å². The van der Waals surface area contributed by atoms with E-state index in [4.69, 9.17) is 0 Å². The second-order valence-electron chi connectivity index (χ2n) is 3.70. The first-order valence-electron chi connectivity index (χ1n) is 5.15. The lowest BCUT2D eigenvalue weighted by atomic mass is 10.1. The molecule has 1 aromatic carbocycles. The van der Waals surface area contributed by atoms with E-state index in [0.717, 1.165) is 9.35 Å². The molecule has 0 aliphatic heterocycles. The van der Waals surface area contributed by atoms with Gasteiger partial charge in [-0.1, -0.05) is 17.4 Å². The minimum atomic E-state index is -0.577. The predicted molar refractivity (Wildman–Crippen MR) is 75.6 cm³/mol. The van der Waals surface area contributed by atoms with Crippen LogP contribution in [0, 0.1) is 17.0 Å². The first kappa shape index (κ1) is 13.6. The highest BCUT2D eigenvalue weighted by atomic mass is 79.9. The number of aromatic nitrogens is 1. The van der Waals surface area contributed by atoms with E-state index in [1.54, 1.807) is 19.2 Å². The molecule has 0 fully saturated rings. The van der Waals surface area contributed by atoms with Crippen LogP contribution in [0.2, 0.25) is 0 Å². The topological polar surface area (TPSA) is 85.1 Å². The number of nitrogens with zero attached hydrogens (tertiary/aromatic N) is 2. The number of hydrogen-bond donors (Lipinski definition) is 1. The molecule has 0 spiro atoms. The summed E-state index contributed by atoms with van der Waals surface area (Å²) in [5.41, 5.74) is 0.575. The van der Waals surface area contributed by atoms with E-state index in [1.165, 1.54) is 23.5 Å². The summed E-state index contributed by atoms with van der Waals surface area (Å²) in [5, 5.41) is 13.8. The van der Waals surface area contributed by atoms with Crippen LogP contribution in [0.25, 0.3) is 0 Å². The van der Waals surface area contributed by atoms with Gasteiger partial charge in [-0.2, -0.15) is 0 Å². The summed E-state index contributed by atoms with van der Waals surface area (Å²) < 4.78 is 0.765. The maximum atomic E-state index is 12.0. The number of rotatable bonds is 3. The standard InChI is InChI=1S/C11H8BrN3O3S/c1-6-2-3-8(15(17)18)7(4-6)10(16)14-11-13-5-9(12)19-11/h2-5H,1H3,(H,13,14,16). The molecule has 8 heteroatoms. The van der Waals surface area contributed by atoms with Gasteiger partial charge in [-0.15, -0.1) is 0 Å². The molecule has 1 aromatic heterocycles. The number of hydrogen-bond acceptors (Lipinski definition) is 5. The lowest BCUT2D eigenvalue weighted by molar-refractivity contribution is -0.385. The van der Waals surface area contributed by atoms with Gasteiger partial charge < -0.3 is 0 Å². The molecule has 0 bridgehead atoms. The third-order valence-corrected chi connectivity index (χ3v) is 3.68. The van der Waals surface area contributed by atoms with Crippen molar-refractivity contribution in [2.75, 3.05) is 5.32 Å². The minimum absolute atomic E-state index is 0.0244. The van der Waals surface area contributed by atoms with Gasteiger partial charge in [-0.05, 0) is 34.5 Å². The monoisotopic (exact) mass is 341 g/mol. The Balaban J connectivity index is 2.32. The van der Waals surface area contributed by atoms with Crippen molar-refractivity contribution in [1.82, 2.24) is 4.98 Å². The second kappa shape index (κ2) is 5.45. The van der Waals surface area contributed by atoms with Gasteiger partial charge in [-0.3, -0.25) is 20.2 Å². The van der Waals surface area contributed by atoms with E-state index in [2.05, 4.69) is 26.2 Å². The molecule has 2 aromatic rings. The number of anilines is 1. The zero-order valence-electron chi connectivity index (χ0n) is 9.71. The molecule has 2 rings (SSSR count). The summed E-state index contributed by atoms with van der Waals surface area (Å²) >= 11 is 4.46.